The fourth-order valence-corrected chi connectivity index (χ4v) is 3.90. The summed E-state index contributed by atoms with van der Waals surface area (Å²) in [7, 11) is -14.3. The van der Waals surface area contributed by atoms with Crippen molar-refractivity contribution in [1.29, 1.82) is 0 Å². The van der Waals surface area contributed by atoms with Crippen molar-refractivity contribution in [2.24, 2.45) is 0 Å². The van der Waals surface area contributed by atoms with E-state index in [4.69, 9.17) is 9.79 Å². The van der Waals surface area contributed by atoms with Gasteiger partial charge in [0.05, 0.1) is 27.2 Å². The Labute approximate surface area is 173 Å². The summed E-state index contributed by atoms with van der Waals surface area (Å²) < 4.78 is 43.8. The average molecular weight is 493 g/mol. The van der Waals surface area contributed by atoms with Gasteiger partial charge in [-0.15, -0.1) is 0 Å². The van der Waals surface area contributed by atoms with Crippen LogP contribution < -0.4 is 14.7 Å². The van der Waals surface area contributed by atoms with Crippen LogP contribution in [0.2, 0.25) is 0 Å². The Hall–Kier alpha value is -1.13. The maximum atomic E-state index is 10.9. The van der Waals surface area contributed by atoms with Gasteiger partial charge in [-0.2, -0.15) is 0 Å². The molecule has 0 aliphatic heterocycles. The van der Waals surface area contributed by atoms with Crippen LogP contribution in [0.15, 0.2) is 24.3 Å². The molecule has 0 heterocycles. The SMILES string of the molecule is C=C(C)C(=O)OCCCP(=O)(O)O.C=C(C)C(=O)OCCCP(=O)([O-])OP(=O)([O-])[O-]. The highest BCUT2D eigenvalue weighted by Gasteiger charge is 2.13. The predicted octanol–water partition coefficient (Wildman–Crippen LogP) is -0.432. The summed E-state index contributed by atoms with van der Waals surface area (Å²) in [6.45, 7) is 9.33. The van der Waals surface area contributed by atoms with Crippen LogP contribution in [0.5, 0.6) is 0 Å². The molecule has 1 unspecified atom stereocenters. The number of carbonyl (C=O) groups excluding carboxylic acids is 2. The number of carbonyl (C=O) groups is 2. The van der Waals surface area contributed by atoms with E-state index in [1.807, 2.05) is 0 Å². The van der Waals surface area contributed by atoms with Crippen LogP contribution in [-0.2, 0) is 37.1 Å². The highest BCUT2D eigenvalue weighted by molar-refractivity contribution is 7.61. The molecule has 176 valence electrons. The number of hydrogen-bond acceptors (Lipinski definition) is 11. The second kappa shape index (κ2) is 14.0. The molecule has 0 aliphatic rings. The largest absolute Gasteiger partial charge is 0.790 e. The van der Waals surface area contributed by atoms with Crippen molar-refractivity contribution in [3.8, 4) is 0 Å². The molecule has 0 aliphatic carbocycles. The van der Waals surface area contributed by atoms with Crippen molar-refractivity contribution in [3.05, 3.63) is 24.3 Å². The van der Waals surface area contributed by atoms with Crippen molar-refractivity contribution in [2.75, 3.05) is 25.5 Å². The van der Waals surface area contributed by atoms with Crippen molar-refractivity contribution in [3.63, 3.8) is 0 Å². The minimum Gasteiger partial charge on any atom is -0.790 e. The first kappa shape index (κ1) is 31.1. The van der Waals surface area contributed by atoms with E-state index in [0.29, 0.717) is 0 Å². The fourth-order valence-electron chi connectivity index (χ4n) is 1.30. The van der Waals surface area contributed by atoms with Gasteiger partial charge in [0.15, 0.2) is 0 Å². The number of esters is 2. The minimum atomic E-state index is -5.57. The van der Waals surface area contributed by atoms with Crippen molar-refractivity contribution >= 4 is 35.0 Å². The summed E-state index contributed by atoms with van der Waals surface area (Å²) in [6.07, 6.45) is -1.01. The molecule has 1 atom stereocenters. The first-order chi connectivity index (χ1) is 13.4. The van der Waals surface area contributed by atoms with Gasteiger partial charge in [-0.05, 0) is 26.7 Å². The number of hydrogen-bond donors (Lipinski definition) is 2. The Kier molecular flexibility index (Phi) is 14.5. The molecule has 0 bridgehead atoms. The van der Waals surface area contributed by atoms with Gasteiger partial charge in [-0.3, -0.25) is 4.57 Å². The topological polar surface area (TPSA) is 223 Å². The van der Waals surface area contributed by atoms with Crippen LogP contribution in [0.3, 0.4) is 0 Å². The van der Waals surface area contributed by atoms with Gasteiger partial charge < -0.3 is 47.4 Å². The molecule has 0 rings (SSSR count). The van der Waals surface area contributed by atoms with Crippen LogP contribution in [0.1, 0.15) is 26.7 Å². The van der Waals surface area contributed by atoms with E-state index < -0.39 is 41.1 Å². The van der Waals surface area contributed by atoms with E-state index in [1.54, 1.807) is 0 Å². The van der Waals surface area contributed by atoms with E-state index >= 15 is 0 Å². The molecule has 0 amide bonds. The van der Waals surface area contributed by atoms with E-state index in [0.717, 1.165) is 0 Å². The van der Waals surface area contributed by atoms with Gasteiger partial charge in [-0.25, -0.2) is 9.59 Å². The Balaban J connectivity index is 0. The Morgan fingerprint density at radius 3 is 1.50 bits per heavy atom. The summed E-state index contributed by atoms with van der Waals surface area (Å²) in [6, 6.07) is 0. The molecule has 0 aromatic heterocycles. The second-order valence-electron chi connectivity index (χ2n) is 5.79. The van der Waals surface area contributed by atoms with Crippen LogP contribution in [0, 0.1) is 0 Å². The van der Waals surface area contributed by atoms with Gasteiger partial charge in [0, 0.05) is 17.3 Å². The standard InChI is InChI=1S/C7H14O8P2.C7H13O5P/c1-6(2)7(8)14-4-3-5-16(9,10)15-17(11,12)13;1-6(2)7(8)12-4-3-5-13(9,10)11/h1,3-5H2,2H3,(H,9,10)(H2,11,12,13);1,3-5H2,2H3,(H2,9,10,11)/p-3. The molecule has 0 fully saturated rings. The summed E-state index contributed by atoms with van der Waals surface area (Å²) >= 11 is 0. The van der Waals surface area contributed by atoms with Crippen molar-refractivity contribution in [1.82, 2.24) is 0 Å². The lowest BCUT2D eigenvalue weighted by molar-refractivity contribution is -0.337. The lowest BCUT2D eigenvalue weighted by Crippen LogP contribution is -2.20. The number of ether oxygens (including phenoxy) is 2. The first-order valence-corrected chi connectivity index (χ1v) is 13.1. The molecule has 0 saturated heterocycles. The van der Waals surface area contributed by atoms with Crippen LogP contribution in [0.25, 0.3) is 0 Å². The molecule has 30 heavy (non-hydrogen) atoms. The van der Waals surface area contributed by atoms with E-state index in [-0.39, 0.29) is 43.4 Å². The Bertz CT molecular complexity index is 748. The molecule has 0 aromatic carbocycles. The molecule has 0 radical (unpaired) electrons. The Morgan fingerprint density at radius 2 is 1.20 bits per heavy atom. The maximum absolute atomic E-state index is 10.9. The number of phosphoric acid groups is 1. The summed E-state index contributed by atoms with van der Waals surface area (Å²) in [4.78, 5) is 69.5. The second-order valence-corrected chi connectivity index (χ2v) is 10.8. The normalized spacial score (nSPS) is 13.3. The monoisotopic (exact) mass is 493 g/mol. The van der Waals surface area contributed by atoms with Crippen molar-refractivity contribution < 1.29 is 61.5 Å². The molecular formula is C14H24O13P3-3. The minimum absolute atomic E-state index is 0.0107. The average Bonchev–Trinajstić information content (AvgIpc) is 2.52. The fraction of sp³-hybridized carbons (Fsp3) is 0.571. The molecule has 0 spiro atoms. The first-order valence-electron chi connectivity index (χ1n) is 8.09. The van der Waals surface area contributed by atoms with E-state index in [9.17, 15) is 38.0 Å². The zero-order valence-electron chi connectivity index (χ0n) is 16.4. The van der Waals surface area contributed by atoms with Gasteiger partial charge in [0.1, 0.15) is 7.60 Å². The third-order valence-corrected chi connectivity index (χ3v) is 6.12. The summed E-state index contributed by atoms with van der Waals surface area (Å²) in [5.74, 6) is -1.23. The van der Waals surface area contributed by atoms with Gasteiger partial charge in [-0.1, -0.05) is 13.2 Å². The zero-order valence-corrected chi connectivity index (χ0v) is 19.1. The van der Waals surface area contributed by atoms with E-state index in [2.05, 4.69) is 26.9 Å². The van der Waals surface area contributed by atoms with Crippen LogP contribution >= 0.6 is 23.0 Å². The van der Waals surface area contributed by atoms with Crippen LogP contribution in [0.4, 0.5) is 0 Å². The molecule has 16 heteroatoms. The van der Waals surface area contributed by atoms with Gasteiger partial charge >= 0.3 is 19.5 Å². The van der Waals surface area contributed by atoms with E-state index in [1.165, 1.54) is 13.8 Å². The Morgan fingerprint density at radius 1 is 0.833 bits per heavy atom. The van der Waals surface area contributed by atoms with Crippen LogP contribution in [-0.4, -0.2) is 47.3 Å². The summed E-state index contributed by atoms with van der Waals surface area (Å²) in [5, 5.41) is 0. The highest BCUT2D eigenvalue weighted by Crippen LogP contribution is 2.49. The van der Waals surface area contributed by atoms with Gasteiger partial charge in [0.2, 0.25) is 0 Å². The number of rotatable bonds is 12. The molecule has 0 saturated carbocycles. The zero-order chi connectivity index (χ0) is 24.2. The smallest absolute Gasteiger partial charge is 0.333 e. The molecule has 13 nitrogen and oxygen atoms in total. The highest BCUT2D eigenvalue weighted by atomic mass is 31.3. The molecule has 0 aromatic rings. The maximum Gasteiger partial charge on any atom is 0.333 e. The lowest BCUT2D eigenvalue weighted by atomic mass is 10.4. The predicted molar refractivity (Wildman–Crippen MR) is 98.9 cm³/mol. The third-order valence-electron chi connectivity index (χ3n) is 2.56. The lowest BCUT2D eigenvalue weighted by Gasteiger charge is -2.35. The van der Waals surface area contributed by atoms with Crippen molar-refractivity contribution in [2.45, 2.75) is 26.7 Å². The summed E-state index contributed by atoms with van der Waals surface area (Å²) in [5.41, 5.74) is 0.423. The third kappa shape index (κ3) is 21.6. The quantitative estimate of drug-likeness (QED) is 0.153. The van der Waals surface area contributed by atoms with Gasteiger partial charge in [0.25, 0.3) is 0 Å². The molecular weight excluding hydrogens is 469 g/mol. The molecule has 2 N–H and O–H groups in total.